The average Bonchev–Trinajstić information content (AvgIpc) is 2.85. The number of rotatable bonds is 4. The quantitative estimate of drug-likeness (QED) is 0.893. The largest absolute Gasteiger partial charge is 0.351 e. The molecule has 1 fully saturated rings. The van der Waals surface area contributed by atoms with Crippen molar-refractivity contribution in [3.63, 3.8) is 0 Å². The predicted molar refractivity (Wildman–Crippen MR) is 78.4 cm³/mol. The highest BCUT2D eigenvalue weighted by Gasteiger charge is 2.20. The van der Waals surface area contributed by atoms with Crippen molar-refractivity contribution in [2.75, 3.05) is 13.1 Å². The number of piperidine rings is 1. The van der Waals surface area contributed by atoms with E-state index in [1.165, 1.54) is 9.75 Å². The van der Waals surface area contributed by atoms with Gasteiger partial charge >= 0.3 is 0 Å². The molecule has 1 saturated heterocycles. The molecule has 0 saturated carbocycles. The van der Waals surface area contributed by atoms with Crippen LogP contribution in [0.4, 0.5) is 0 Å². The molecule has 102 valence electrons. The van der Waals surface area contributed by atoms with E-state index in [0.717, 1.165) is 32.4 Å². The fourth-order valence-corrected chi connectivity index (χ4v) is 3.00. The predicted octanol–water partition coefficient (Wildman–Crippen LogP) is 2.35. The van der Waals surface area contributed by atoms with Gasteiger partial charge in [-0.2, -0.15) is 0 Å². The molecule has 2 rings (SSSR count). The fraction of sp³-hybridized carbons (Fsp3) is 0.615. The van der Waals surface area contributed by atoms with Gasteiger partial charge in [-0.05, 0) is 37.9 Å². The van der Waals surface area contributed by atoms with Gasteiger partial charge in [0.2, 0.25) is 5.91 Å². The first-order valence-electron chi connectivity index (χ1n) is 6.35. The van der Waals surface area contributed by atoms with E-state index >= 15 is 0 Å². The molecule has 0 radical (unpaired) electrons. The first-order valence-corrected chi connectivity index (χ1v) is 7.17. The minimum Gasteiger partial charge on any atom is -0.351 e. The van der Waals surface area contributed by atoms with Crippen LogP contribution in [-0.4, -0.2) is 19.0 Å². The number of halogens is 1. The summed E-state index contributed by atoms with van der Waals surface area (Å²) in [5, 5.41) is 6.31. The summed E-state index contributed by atoms with van der Waals surface area (Å²) in [6.07, 6.45) is 3.20. The highest BCUT2D eigenvalue weighted by Crippen LogP contribution is 2.17. The third kappa shape index (κ3) is 4.26. The van der Waals surface area contributed by atoms with E-state index in [1.54, 1.807) is 11.3 Å². The molecule has 1 aliphatic heterocycles. The molecule has 0 aromatic carbocycles. The Hall–Kier alpha value is -0.580. The van der Waals surface area contributed by atoms with Crippen LogP contribution >= 0.6 is 23.7 Å². The molecule has 1 aromatic heterocycles. The van der Waals surface area contributed by atoms with Crippen molar-refractivity contribution >= 4 is 29.7 Å². The van der Waals surface area contributed by atoms with Crippen LogP contribution in [0.5, 0.6) is 0 Å². The molecule has 0 bridgehead atoms. The maximum absolute atomic E-state index is 11.9. The van der Waals surface area contributed by atoms with Gasteiger partial charge in [0, 0.05) is 16.3 Å². The molecule has 1 atom stereocenters. The zero-order valence-corrected chi connectivity index (χ0v) is 12.3. The average molecular weight is 289 g/mol. The number of hydrogen-bond acceptors (Lipinski definition) is 3. The van der Waals surface area contributed by atoms with Crippen molar-refractivity contribution in [2.45, 2.75) is 32.7 Å². The number of carbonyl (C=O) groups excluding carboxylic acids is 1. The van der Waals surface area contributed by atoms with Gasteiger partial charge in [-0.3, -0.25) is 4.79 Å². The Kier molecular flexibility index (Phi) is 6.68. The van der Waals surface area contributed by atoms with Crippen LogP contribution in [0.1, 0.15) is 29.5 Å². The van der Waals surface area contributed by atoms with Gasteiger partial charge < -0.3 is 10.6 Å². The minimum absolute atomic E-state index is 0. The molecule has 1 unspecified atom stereocenters. The minimum atomic E-state index is 0. The molecule has 3 nitrogen and oxygen atoms in total. The smallest absolute Gasteiger partial charge is 0.224 e. The van der Waals surface area contributed by atoms with Crippen LogP contribution in [0.2, 0.25) is 0 Å². The van der Waals surface area contributed by atoms with E-state index in [2.05, 4.69) is 29.7 Å². The van der Waals surface area contributed by atoms with Crippen molar-refractivity contribution in [3.05, 3.63) is 21.9 Å². The Balaban J connectivity index is 0.00000162. The zero-order valence-electron chi connectivity index (χ0n) is 10.7. The molecule has 5 heteroatoms. The molecular weight excluding hydrogens is 268 g/mol. The number of hydrogen-bond donors (Lipinski definition) is 2. The van der Waals surface area contributed by atoms with Gasteiger partial charge in [0.25, 0.3) is 0 Å². The van der Waals surface area contributed by atoms with Gasteiger partial charge in [-0.25, -0.2) is 0 Å². The van der Waals surface area contributed by atoms with Crippen LogP contribution < -0.4 is 10.6 Å². The van der Waals surface area contributed by atoms with E-state index in [1.807, 2.05) is 0 Å². The van der Waals surface area contributed by atoms with Crippen molar-refractivity contribution in [1.82, 2.24) is 10.6 Å². The molecule has 18 heavy (non-hydrogen) atoms. The molecule has 0 spiro atoms. The molecule has 1 aliphatic rings. The highest BCUT2D eigenvalue weighted by molar-refractivity contribution is 7.11. The van der Waals surface area contributed by atoms with Gasteiger partial charge in [0.1, 0.15) is 0 Å². The summed E-state index contributed by atoms with van der Waals surface area (Å²) in [6.45, 7) is 4.72. The van der Waals surface area contributed by atoms with E-state index in [-0.39, 0.29) is 24.2 Å². The summed E-state index contributed by atoms with van der Waals surface area (Å²) in [6, 6.07) is 4.26. The zero-order chi connectivity index (χ0) is 12.1. The molecule has 0 aliphatic carbocycles. The van der Waals surface area contributed by atoms with E-state index in [4.69, 9.17) is 0 Å². The van der Waals surface area contributed by atoms with Crippen LogP contribution in [0.3, 0.4) is 0 Å². The maximum Gasteiger partial charge on any atom is 0.224 e. The fourth-order valence-electron chi connectivity index (χ4n) is 2.10. The molecule has 2 N–H and O–H groups in total. The van der Waals surface area contributed by atoms with Gasteiger partial charge in [-0.15, -0.1) is 23.7 Å². The Labute approximate surface area is 119 Å². The van der Waals surface area contributed by atoms with Crippen LogP contribution in [-0.2, 0) is 17.8 Å². The second-order valence-corrected chi connectivity index (χ2v) is 5.74. The van der Waals surface area contributed by atoms with Gasteiger partial charge in [-0.1, -0.05) is 6.92 Å². The first kappa shape index (κ1) is 15.5. The normalized spacial score (nSPS) is 19.1. The number of thiophene rings is 1. The van der Waals surface area contributed by atoms with Crippen LogP contribution in [0.15, 0.2) is 12.1 Å². The SMILES string of the molecule is CCc1ccc(CNC(=O)C2CCCNC2)s1.Cl. The third-order valence-electron chi connectivity index (χ3n) is 3.17. The monoisotopic (exact) mass is 288 g/mol. The maximum atomic E-state index is 11.9. The summed E-state index contributed by atoms with van der Waals surface area (Å²) in [5.41, 5.74) is 0. The third-order valence-corrected chi connectivity index (χ3v) is 4.40. The number of carbonyl (C=O) groups is 1. The topological polar surface area (TPSA) is 41.1 Å². The molecule has 1 aromatic rings. The Morgan fingerprint density at radius 1 is 1.50 bits per heavy atom. The van der Waals surface area contributed by atoms with Gasteiger partial charge in [0.05, 0.1) is 12.5 Å². The first-order chi connectivity index (χ1) is 8.29. The van der Waals surface area contributed by atoms with Crippen molar-refractivity contribution < 1.29 is 4.79 Å². The summed E-state index contributed by atoms with van der Waals surface area (Å²) in [7, 11) is 0. The number of aryl methyl sites for hydroxylation is 1. The molecule has 2 heterocycles. The molecular formula is C13H21ClN2OS. The van der Waals surface area contributed by atoms with Gasteiger partial charge in [0.15, 0.2) is 0 Å². The lowest BCUT2D eigenvalue weighted by molar-refractivity contribution is -0.125. The lowest BCUT2D eigenvalue weighted by Crippen LogP contribution is -2.40. The lowest BCUT2D eigenvalue weighted by Gasteiger charge is -2.21. The summed E-state index contributed by atoms with van der Waals surface area (Å²) >= 11 is 1.79. The van der Waals surface area contributed by atoms with E-state index < -0.39 is 0 Å². The summed E-state index contributed by atoms with van der Waals surface area (Å²) in [4.78, 5) is 14.5. The highest BCUT2D eigenvalue weighted by atomic mass is 35.5. The van der Waals surface area contributed by atoms with Crippen molar-refractivity contribution in [1.29, 1.82) is 0 Å². The summed E-state index contributed by atoms with van der Waals surface area (Å²) in [5.74, 6) is 0.359. The summed E-state index contributed by atoms with van der Waals surface area (Å²) < 4.78 is 0. The van der Waals surface area contributed by atoms with Crippen molar-refractivity contribution in [3.8, 4) is 0 Å². The second-order valence-electron chi connectivity index (χ2n) is 4.48. The van der Waals surface area contributed by atoms with E-state index in [0.29, 0.717) is 6.54 Å². The Morgan fingerprint density at radius 2 is 2.28 bits per heavy atom. The Morgan fingerprint density at radius 3 is 2.89 bits per heavy atom. The van der Waals surface area contributed by atoms with Crippen LogP contribution in [0.25, 0.3) is 0 Å². The Bertz CT molecular complexity index is 375. The number of amides is 1. The molecule has 1 amide bonds. The number of nitrogens with one attached hydrogen (secondary N) is 2. The van der Waals surface area contributed by atoms with Crippen LogP contribution in [0, 0.1) is 5.92 Å². The van der Waals surface area contributed by atoms with Crippen molar-refractivity contribution in [2.24, 2.45) is 5.92 Å². The van der Waals surface area contributed by atoms with E-state index in [9.17, 15) is 4.79 Å². The standard InChI is InChI=1S/C13H20N2OS.ClH/c1-2-11-5-6-12(17-11)9-15-13(16)10-4-3-7-14-8-10;/h5-6,10,14H,2-4,7-9H2,1H3,(H,15,16);1H. The lowest BCUT2D eigenvalue weighted by atomic mass is 9.99. The second kappa shape index (κ2) is 7.77.